The first-order chi connectivity index (χ1) is 8.63. The first-order valence-corrected chi connectivity index (χ1v) is 6.63. The van der Waals surface area contributed by atoms with Crippen molar-refractivity contribution >= 4 is 27.7 Å². The molecule has 0 saturated carbocycles. The van der Waals surface area contributed by atoms with Gasteiger partial charge in [0, 0.05) is 36.0 Å². The van der Waals surface area contributed by atoms with Crippen molar-refractivity contribution in [2.45, 2.75) is 26.9 Å². The summed E-state index contributed by atoms with van der Waals surface area (Å²) in [6, 6.07) is 3.59. The number of carbonyl (C=O) groups excluding carboxylic acids is 1. The standard InChI is InChI=1S/C12H15BrN4O/c1-3-16-8-9(13)7-10(16)12(18)14-11-5-6-17(4-2)15-11/h5-8H,3-4H2,1-2H3,(H,14,15,18). The lowest BCUT2D eigenvalue weighted by atomic mass is 10.4. The number of aromatic nitrogens is 3. The second kappa shape index (κ2) is 5.39. The summed E-state index contributed by atoms with van der Waals surface area (Å²) in [7, 11) is 0. The van der Waals surface area contributed by atoms with E-state index in [1.165, 1.54) is 0 Å². The second-order valence-electron chi connectivity index (χ2n) is 3.84. The van der Waals surface area contributed by atoms with Crippen LogP contribution in [0.1, 0.15) is 24.3 Å². The molecule has 18 heavy (non-hydrogen) atoms. The summed E-state index contributed by atoms with van der Waals surface area (Å²) in [5.41, 5.74) is 0.621. The summed E-state index contributed by atoms with van der Waals surface area (Å²) in [4.78, 5) is 12.1. The molecule has 0 aliphatic heterocycles. The van der Waals surface area contributed by atoms with Crippen molar-refractivity contribution in [2.24, 2.45) is 0 Å². The number of rotatable bonds is 4. The summed E-state index contributed by atoms with van der Waals surface area (Å²) in [6.45, 7) is 5.53. The van der Waals surface area contributed by atoms with Crippen LogP contribution in [0.25, 0.3) is 0 Å². The Labute approximate surface area is 114 Å². The van der Waals surface area contributed by atoms with Crippen LogP contribution in [0.3, 0.4) is 0 Å². The third-order valence-electron chi connectivity index (χ3n) is 2.64. The zero-order valence-corrected chi connectivity index (χ0v) is 11.9. The number of hydrogen-bond acceptors (Lipinski definition) is 2. The Bertz CT molecular complexity index is 558. The van der Waals surface area contributed by atoms with Gasteiger partial charge >= 0.3 is 0 Å². The summed E-state index contributed by atoms with van der Waals surface area (Å²) in [5, 5.41) is 7.01. The van der Waals surface area contributed by atoms with Crippen LogP contribution < -0.4 is 5.32 Å². The fraction of sp³-hybridized carbons (Fsp3) is 0.333. The van der Waals surface area contributed by atoms with Crippen molar-refractivity contribution in [1.82, 2.24) is 14.3 Å². The molecule has 2 heterocycles. The first kappa shape index (κ1) is 12.9. The van der Waals surface area contributed by atoms with Gasteiger partial charge in [-0.3, -0.25) is 9.48 Å². The van der Waals surface area contributed by atoms with Gasteiger partial charge in [-0.2, -0.15) is 5.10 Å². The molecule has 96 valence electrons. The number of anilines is 1. The third kappa shape index (κ3) is 2.64. The quantitative estimate of drug-likeness (QED) is 0.944. The van der Waals surface area contributed by atoms with E-state index in [0.29, 0.717) is 11.5 Å². The van der Waals surface area contributed by atoms with Crippen LogP contribution in [0.2, 0.25) is 0 Å². The van der Waals surface area contributed by atoms with Crippen molar-refractivity contribution in [3.8, 4) is 0 Å². The lowest BCUT2D eigenvalue weighted by molar-refractivity contribution is 0.101. The van der Waals surface area contributed by atoms with Crippen LogP contribution in [-0.2, 0) is 13.1 Å². The van der Waals surface area contributed by atoms with Gasteiger partial charge in [-0.25, -0.2) is 0 Å². The smallest absolute Gasteiger partial charge is 0.273 e. The zero-order chi connectivity index (χ0) is 13.1. The van der Waals surface area contributed by atoms with Gasteiger partial charge in [0.15, 0.2) is 5.82 Å². The molecular weight excluding hydrogens is 296 g/mol. The predicted octanol–water partition coefficient (Wildman–Crippen LogP) is 2.74. The van der Waals surface area contributed by atoms with Gasteiger partial charge in [0.2, 0.25) is 0 Å². The highest BCUT2D eigenvalue weighted by Crippen LogP contribution is 2.16. The van der Waals surface area contributed by atoms with Gasteiger partial charge in [0.25, 0.3) is 5.91 Å². The molecule has 0 unspecified atom stereocenters. The maximum Gasteiger partial charge on any atom is 0.273 e. The summed E-state index contributed by atoms with van der Waals surface area (Å²) in [5.74, 6) is 0.422. The number of hydrogen-bond donors (Lipinski definition) is 1. The molecule has 0 radical (unpaired) electrons. The molecule has 0 aliphatic carbocycles. The van der Waals surface area contributed by atoms with E-state index in [0.717, 1.165) is 17.6 Å². The highest BCUT2D eigenvalue weighted by Gasteiger charge is 2.13. The van der Waals surface area contributed by atoms with Crippen LogP contribution in [0.5, 0.6) is 0 Å². The number of nitrogens with one attached hydrogen (secondary N) is 1. The minimum absolute atomic E-state index is 0.149. The Morgan fingerprint density at radius 1 is 1.44 bits per heavy atom. The van der Waals surface area contributed by atoms with Crippen LogP contribution in [-0.4, -0.2) is 20.3 Å². The lowest BCUT2D eigenvalue weighted by Crippen LogP contribution is -2.16. The summed E-state index contributed by atoms with van der Waals surface area (Å²) >= 11 is 3.37. The average Bonchev–Trinajstić information content (AvgIpc) is 2.95. The molecule has 0 aromatic carbocycles. The normalized spacial score (nSPS) is 10.6. The van der Waals surface area contributed by atoms with Gasteiger partial charge in [0.05, 0.1) is 0 Å². The number of aryl methyl sites for hydroxylation is 2. The predicted molar refractivity (Wildman–Crippen MR) is 73.7 cm³/mol. The van der Waals surface area contributed by atoms with Crippen LogP contribution in [0.15, 0.2) is 29.0 Å². The van der Waals surface area contributed by atoms with Crippen molar-refractivity contribution < 1.29 is 4.79 Å². The molecule has 5 nitrogen and oxygen atoms in total. The maximum absolute atomic E-state index is 12.1. The van der Waals surface area contributed by atoms with Crippen LogP contribution >= 0.6 is 15.9 Å². The van der Waals surface area contributed by atoms with Gasteiger partial charge in [-0.15, -0.1) is 0 Å². The van der Waals surface area contributed by atoms with E-state index >= 15 is 0 Å². The SMILES string of the molecule is CCn1ccc(NC(=O)c2cc(Br)cn2CC)n1. The number of halogens is 1. The molecule has 6 heteroatoms. The molecule has 0 bridgehead atoms. The van der Waals surface area contributed by atoms with E-state index in [1.807, 2.05) is 30.8 Å². The molecular formula is C12H15BrN4O. The number of amides is 1. The topological polar surface area (TPSA) is 51.9 Å². The van der Waals surface area contributed by atoms with Crippen LogP contribution in [0.4, 0.5) is 5.82 Å². The van der Waals surface area contributed by atoms with E-state index in [1.54, 1.807) is 16.8 Å². The molecule has 1 N–H and O–H groups in total. The van der Waals surface area contributed by atoms with Gasteiger partial charge in [-0.05, 0) is 35.8 Å². The third-order valence-corrected chi connectivity index (χ3v) is 3.08. The molecule has 0 atom stereocenters. The lowest BCUT2D eigenvalue weighted by Gasteiger charge is -2.05. The minimum atomic E-state index is -0.149. The molecule has 2 aromatic heterocycles. The monoisotopic (exact) mass is 310 g/mol. The Kier molecular flexibility index (Phi) is 3.86. The highest BCUT2D eigenvalue weighted by molar-refractivity contribution is 9.10. The Morgan fingerprint density at radius 3 is 2.83 bits per heavy atom. The van der Waals surface area contributed by atoms with Crippen molar-refractivity contribution in [2.75, 3.05) is 5.32 Å². The van der Waals surface area contributed by atoms with Gasteiger partial charge in [-0.1, -0.05) is 0 Å². The van der Waals surface area contributed by atoms with E-state index < -0.39 is 0 Å². The van der Waals surface area contributed by atoms with E-state index in [9.17, 15) is 4.79 Å². The van der Waals surface area contributed by atoms with Crippen molar-refractivity contribution in [1.29, 1.82) is 0 Å². The van der Waals surface area contributed by atoms with Crippen molar-refractivity contribution in [3.63, 3.8) is 0 Å². The zero-order valence-electron chi connectivity index (χ0n) is 10.4. The Hall–Kier alpha value is -1.56. The van der Waals surface area contributed by atoms with Crippen molar-refractivity contribution in [3.05, 3.63) is 34.7 Å². The Morgan fingerprint density at radius 2 is 2.22 bits per heavy atom. The van der Waals surface area contributed by atoms with Gasteiger partial charge in [0.1, 0.15) is 5.69 Å². The molecule has 0 saturated heterocycles. The molecule has 0 aliphatic rings. The maximum atomic E-state index is 12.1. The molecule has 1 amide bonds. The second-order valence-corrected chi connectivity index (χ2v) is 4.76. The summed E-state index contributed by atoms with van der Waals surface area (Å²) in [6.07, 6.45) is 3.73. The molecule has 0 spiro atoms. The molecule has 2 rings (SSSR count). The van der Waals surface area contributed by atoms with E-state index in [2.05, 4.69) is 26.3 Å². The fourth-order valence-corrected chi connectivity index (χ4v) is 2.18. The minimum Gasteiger partial charge on any atom is -0.343 e. The molecule has 2 aromatic rings. The highest BCUT2D eigenvalue weighted by atomic mass is 79.9. The largest absolute Gasteiger partial charge is 0.343 e. The van der Waals surface area contributed by atoms with Gasteiger partial charge < -0.3 is 9.88 Å². The van der Waals surface area contributed by atoms with E-state index in [4.69, 9.17) is 0 Å². The van der Waals surface area contributed by atoms with Crippen LogP contribution in [0, 0.1) is 0 Å². The fourth-order valence-electron chi connectivity index (χ4n) is 1.71. The average molecular weight is 311 g/mol. The Balaban J connectivity index is 2.16. The first-order valence-electron chi connectivity index (χ1n) is 5.84. The number of nitrogens with zero attached hydrogens (tertiary/aromatic N) is 3. The number of carbonyl (C=O) groups is 1. The van der Waals surface area contributed by atoms with E-state index in [-0.39, 0.29) is 5.91 Å². The summed E-state index contributed by atoms with van der Waals surface area (Å²) < 4.78 is 4.55. The molecule has 0 fully saturated rings.